The number of aromatic amines is 1. The minimum absolute atomic E-state index is 0.710. The van der Waals surface area contributed by atoms with Gasteiger partial charge in [-0.25, -0.2) is 9.97 Å². The number of halogens is 1. The molecule has 4 rings (SSSR count). The van der Waals surface area contributed by atoms with Gasteiger partial charge in [0.25, 0.3) is 0 Å². The van der Waals surface area contributed by atoms with Crippen LogP contribution in [-0.2, 0) is 12.8 Å². The Morgan fingerprint density at radius 2 is 2.05 bits per heavy atom. The second kappa shape index (κ2) is 4.60. The van der Waals surface area contributed by atoms with Crippen LogP contribution in [0.25, 0.3) is 22.4 Å². The molecule has 0 aliphatic heterocycles. The Kier molecular flexibility index (Phi) is 2.74. The highest BCUT2D eigenvalue weighted by atomic mass is 35.5. The summed E-state index contributed by atoms with van der Waals surface area (Å²) in [7, 11) is 0. The largest absolute Gasteiger partial charge is 0.356 e. The van der Waals surface area contributed by atoms with E-state index >= 15 is 0 Å². The maximum atomic E-state index is 6.05. The van der Waals surface area contributed by atoms with Crippen LogP contribution >= 0.6 is 11.6 Å². The average molecular weight is 284 g/mol. The molecular formula is C16H14ClN3. The predicted molar refractivity (Wildman–Crippen MR) is 81.0 cm³/mol. The first-order chi connectivity index (χ1) is 9.81. The zero-order valence-corrected chi connectivity index (χ0v) is 11.7. The summed E-state index contributed by atoms with van der Waals surface area (Å²) < 4.78 is 0. The molecule has 0 unspecified atom stereocenters. The van der Waals surface area contributed by atoms with Crippen molar-refractivity contribution in [3.63, 3.8) is 0 Å². The number of benzene rings is 1. The number of nitrogens with one attached hydrogen (secondary N) is 1. The fourth-order valence-corrected chi connectivity index (χ4v) is 3.13. The van der Waals surface area contributed by atoms with Gasteiger partial charge in [-0.1, -0.05) is 23.7 Å². The average Bonchev–Trinajstić information content (AvgIpc) is 2.85. The van der Waals surface area contributed by atoms with Crippen LogP contribution in [-0.4, -0.2) is 15.0 Å². The van der Waals surface area contributed by atoms with E-state index in [1.165, 1.54) is 24.1 Å². The predicted octanol–water partition coefficient (Wildman–Crippen LogP) is 4.16. The van der Waals surface area contributed by atoms with Crippen molar-refractivity contribution in [1.29, 1.82) is 0 Å². The summed E-state index contributed by atoms with van der Waals surface area (Å²) in [6, 6.07) is 7.69. The van der Waals surface area contributed by atoms with Crippen molar-refractivity contribution < 1.29 is 0 Å². The smallest absolute Gasteiger partial charge is 0.159 e. The first-order valence-corrected chi connectivity index (χ1v) is 7.31. The molecule has 20 heavy (non-hydrogen) atoms. The summed E-state index contributed by atoms with van der Waals surface area (Å²) in [5.74, 6) is 0.743. The van der Waals surface area contributed by atoms with E-state index in [0.29, 0.717) is 5.02 Å². The van der Waals surface area contributed by atoms with Gasteiger partial charge in [-0.2, -0.15) is 0 Å². The molecule has 0 bridgehead atoms. The van der Waals surface area contributed by atoms with E-state index in [4.69, 9.17) is 16.6 Å². The van der Waals surface area contributed by atoms with Crippen molar-refractivity contribution in [3.8, 4) is 11.4 Å². The highest BCUT2D eigenvalue weighted by Crippen LogP contribution is 2.29. The Bertz CT molecular complexity index is 792. The molecular weight excluding hydrogens is 270 g/mol. The van der Waals surface area contributed by atoms with Crippen LogP contribution < -0.4 is 0 Å². The van der Waals surface area contributed by atoms with E-state index in [-0.39, 0.29) is 0 Å². The van der Waals surface area contributed by atoms with Gasteiger partial charge in [-0.3, -0.25) is 0 Å². The zero-order chi connectivity index (χ0) is 13.5. The highest BCUT2D eigenvalue weighted by molar-refractivity contribution is 6.30. The Labute approximate surface area is 122 Å². The number of hydrogen-bond donors (Lipinski definition) is 1. The van der Waals surface area contributed by atoms with Crippen molar-refractivity contribution in [2.75, 3.05) is 0 Å². The Morgan fingerprint density at radius 3 is 2.95 bits per heavy atom. The number of hydrogen-bond acceptors (Lipinski definition) is 2. The first-order valence-electron chi connectivity index (χ1n) is 6.94. The topological polar surface area (TPSA) is 41.6 Å². The summed E-state index contributed by atoms with van der Waals surface area (Å²) in [5.41, 5.74) is 5.79. The molecule has 0 atom stereocenters. The fraction of sp³-hybridized carbons (Fsp3) is 0.250. The number of H-pyrrole nitrogens is 1. The van der Waals surface area contributed by atoms with Crippen molar-refractivity contribution in [2.45, 2.75) is 25.7 Å². The first kappa shape index (κ1) is 11.9. The molecule has 1 N–H and O–H groups in total. The van der Waals surface area contributed by atoms with Gasteiger partial charge in [-0.05, 0) is 43.4 Å². The summed E-state index contributed by atoms with van der Waals surface area (Å²) in [5, 5.41) is 0.710. The van der Waals surface area contributed by atoms with Crippen LogP contribution in [0.15, 0.2) is 30.5 Å². The molecule has 0 spiro atoms. The molecule has 0 amide bonds. The number of nitrogens with zero attached hydrogens (tertiary/aromatic N) is 2. The second-order valence-electron chi connectivity index (χ2n) is 5.26. The van der Waals surface area contributed by atoms with Gasteiger partial charge in [-0.15, -0.1) is 0 Å². The lowest BCUT2D eigenvalue weighted by Crippen LogP contribution is -2.00. The fourth-order valence-electron chi connectivity index (χ4n) is 2.94. The van der Waals surface area contributed by atoms with E-state index in [0.717, 1.165) is 35.3 Å². The van der Waals surface area contributed by atoms with Crippen molar-refractivity contribution >= 4 is 22.6 Å². The van der Waals surface area contributed by atoms with Crippen LogP contribution in [0.3, 0.4) is 0 Å². The molecule has 0 saturated heterocycles. The number of fused-ring (bicyclic) bond motifs is 3. The minimum atomic E-state index is 0.710. The van der Waals surface area contributed by atoms with Gasteiger partial charge in [0.05, 0.1) is 17.2 Å². The molecule has 1 aliphatic rings. The van der Waals surface area contributed by atoms with Gasteiger partial charge in [0, 0.05) is 16.3 Å². The van der Waals surface area contributed by atoms with E-state index in [2.05, 4.69) is 9.97 Å². The third kappa shape index (κ3) is 1.90. The van der Waals surface area contributed by atoms with Crippen LogP contribution in [0.1, 0.15) is 24.1 Å². The molecule has 2 aromatic heterocycles. The lowest BCUT2D eigenvalue weighted by molar-refractivity contribution is 0.679. The van der Waals surface area contributed by atoms with E-state index in [1.807, 2.05) is 30.5 Å². The van der Waals surface area contributed by atoms with Crippen molar-refractivity contribution in [1.82, 2.24) is 15.0 Å². The minimum Gasteiger partial charge on any atom is -0.356 e. The molecule has 4 heteroatoms. The maximum Gasteiger partial charge on any atom is 0.159 e. The third-order valence-electron chi connectivity index (χ3n) is 3.91. The summed E-state index contributed by atoms with van der Waals surface area (Å²) in [4.78, 5) is 12.7. The van der Waals surface area contributed by atoms with Gasteiger partial charge in [0.2, 0.25) is 0 Å². The molecule has 3 aromatic rings. The van der Waals surface area contributed by atoms with Crippen molar-refractivity contribution in [2.24, 2.45) is 0 Å². The molecule has 0 radical (unpaired) electrons. The Morgan fingerprint density at radius 1 is 1.15 bits per heavy atom. The Hall–Kier alpha value is -1.87. The lowest BCUT2D eigenvalue weighted by Gasteiger charge is -2.09. The molecule has 0 fully saturated rings. The quantitative estimate of drug-likeness (QED) is 0.729. The SMILES string of the molecule is Clc1cccc(-c2ncc3[nH]c4c(c3n2)CCCC4)c1. The molecule has 2 heterocycles. The number of rotatable bonds is 1. The normalized spacial score (nSPS) is 14.4. The molecule has 1 aliphatic carbocycles. The molecule has 3 nitrogen and oxygen atoms in total. The van der Waals surface area contributed by atoms with Gasteiger partial charge in [0.1, 0.15) is 0 Å². The van der Waals surface area contributed by atoms with Crippen LogP contribution in [0.4, 0.5) is 0 Å². The summed E-state index contributed by atoms with van der Waals surface area (Å²) in [6.07, 6.45) is 6.63. The van der Waals surface area contributed by atoms with Crippen LogP contribution in [0.2, 0.25) is 5.02 Å². The van der Waals surface area contributed by atoms with E-state index < -0.39 is 0 Å². The maximum absolute atomic E-state index is 6.05. The van der Waals surface area contributed by atoms with Crippen LogP contribution in [0.5, 0.6) is 0 Å². The third-order valence-corrected chi connectivity index (χ3v) is 4.15. The Balaban J connectivity index is 1.90. The zero-order valence-electron chi connectivity index (χ0n) is 11.0. The molecule has 0 saturated carbocycles. The highest BCUT2D eigenvalue weighted by Gasteiger charge is 2.17. The monoisotopic (exact) mass is 283 g/mol. The molecule has 1 aromatic carbocycles. The summed E-state index contributed by atoms with van der Waals surface area (Å²) in [6.45, 7) is 0. The summed E-state index contributed by atoms with van der Waals surface area (Å²) >= 11 is 6.05. The van der Waals surface area contributed by atoms with Gasteiger partial charge in [0.15, 0.2) is 5.82 Å². The standard InChI is InChI=1S/C16H14ClN3/c17-11-5-3-4-10(8-11)16-18-9-14-15(20-16)12-6-1-2-7-13(12)19-14/h3-5,8-9,19H,1-2,6-7H2. The number of aryl methyl sites for hydroxylation is 2. The molecule has 100 valence electrons. The second-order valence-corrected chi connectivity index (χ2v) is 5.69. The van der Waals surface area contributed by atoms with Crippen molar-refractivity contribution in [3.05, 3.63) is 46.7 Å². The number of aromatic nitrogens is 3. The van der Waals surface area contributed by atoms with Gasteiger partial charge < -0.3 is 4.98 Å². The van der Waals surface area contributed by atoms with E-state index in [1.54, 1.807) is 0 Å². The lowest BCUT2D eigenvalue weighted by atomic mass is 9.97. The van der Waals surface area contributed by atoms with E-state index in [9.17, 15) is 0 Å². The van der Waals surface area contributed by atoms with Crippen LogP contribution in [0, 0.1) is 0 Å². The van der Waals surface area contributed by atoms with Gasteiger partial charge >= 0.3 is 0 Å².